The summed E-state index contributed by atoms with van der Waals surface area (Å²) >= 11 is 0. The third-order valence-corrected chi connectivity index (χ3v) is 6.48. The van der Waals surface area contributed by atoms with Crippen LogP contribution in [0.3, 0.4) is 0 Å². The molecule has 0 saturated carbocycles. The largest absolute Gasteiger partial charge is 0.508 e. The molecule has 0 aliphatic carbocycles. The molecule has 2 rings (SSSR count). The quantitative estimate of drug-likeness (QED) is 0.195. The highest BCUT2D eigenvalue weighted by Gasteiger charge is 2.55. The van der Waals surface area contributed by atoms with Gasteiger partial charge in [-0.2, -0.15) is 0 Å². The van der Waals surface area contributed by atoms with Crippen LogP contribution >= 0.6 is 0 Å². The van der Waals surface area contributed by atoms with E-state index in [1.54, 1.807) is 23.1 Å². The van der Waals surface area contributed by atoms with Crippen molar-refractivity contribution in [2.75, 3.05) is 26.8 Å². The number of ether oxygens (including phenoxy) is 2. The average Bonchev–Trinajstić information content (AvgIpc) is 2.92. The van der Waals surface area contributed by atoms with Gasteiger partial charge < -0.3 is 19.7 Å². The summed E-state index contributed by atoms with van der Waals surface area (Å²) in [6, 6.07) is 18.8. The molecule has 2 aromatic carbocycles. The maximum Gasteiger partial charge on any atom is 0.508 e. The van der Waals surface area contributed by atoms with Gasteiger partial charge in [0.15, 0.2) is 5.54 Å². The number of allylic oxidation sites excluding steroid dienone is 1. The van der Waals surface area contributed by atoms with Gasteiger partial charge in [-0.3, -0.25) is 9.59 Å². The van der Waals surface area contributed by atoms with Crippen LogP contribution in [0.1, 0.15) is 69.3 Å². The lowest BCUT2D eigenvalue weighted by molar-refractivity contribution is -0.140. The van der Waals surface area contributed by atoms with E-state index in [0.717, 1.165) is 18.4 Å². The van der Waals surface area contributed by atoms with Gasteiger partial charge in [0.05, 0.1) is 7.11 Å². The van der Waals surface area contributed by atoms with Crippen LogP contribution in [0.15, 0.2) is 72.8 Å². The standard InChI is InChI=1S/C31H42N2O5/c1-6-7-23-33(27(34)25-18-12-10-13-19-25)31(30(2,3)4,26-20-14-11-15-21-26)28(35)32-22-16-8-9-17-24-38-29(36)37-5/h9-15,17-21H,6-8,16,22-24H2,1-5H3,(H,32,35)/b17-9+. The average molecular weight is 523 g/mol. The first-order valence-corrected chi connectivity index (χ1v) is 13.3. The number of carbonyl (C=O) groups is 3. The molecular weight excluding hydrogens is 480 g/mol. The van der Waals surface area contributed by atoms with Gasteiger partial charge in [-0.25, -0.2) is 4.79 Å². The van der Waals surface area contributed by atoms with Crippen molar-refractivity contribution in [1.29, 1.82) is 0 Å². The zero-order chi connectivity index (χ0) is 28.0. The van der Waals surface area contributed by atoms with Crippen molar-refractivity contribution in [3.63, 3.8) is 0 Å². The Hall–Kier alpha value is -3.61. The fourth-order valence-electron chi connectivity index (χ4n) is 4.65. The van der Waals surface area contributed by atoms with Gasteiger partial charge in [-0.15, -0.1) is 0 Å². The van der Waals surface area contributed by atoms with E-state index < -0.39 is 17.1 Å². The summed E-state index contributed by atoms with van der Waals surface area (Å²) in [5, 5.41) is 3.14. The third kappa shape index (κ3) is 7.70. The highest BCUT2D eigenvalue weighted by atomic mass is 16.7. The van der Waals surface area contributed by atoms with Crippen LogP contribution in [0, 0.1) is 5.41 Å². The number of hydrogen-bond donors (Lipinski definition) is 1. The highest BCUT2D eigenvalue weighted by molar-refractivity contribution is 6.00. The molecule has 38 heavy (non-hydrogen) atoms. The summed E-state index contributed by atoms with van der Waals surface area (Å²) in [6.07, 6.45) is 5.97. The molecule has 1 N–H and O–H groups in total. The van der Waals surface area contributed by atoms with Crippen molar-refractivity contribution < 1.29 is 23.9 Å². The van der Waals surface area contributed by atoms with Crippen LogP contribution in [0.2, 0.25) is 0 Å². The predicted molar refractivity (Wildman–Crippen MR) is 150 cm³/mol. The van der Waals surface area contributed by atoms with Crippen LogP contribution in [0.4, 0.5) is 4.79 Å². The molecule has 0 aliphatic rings. The minimum Gasteiger partial charge on any atom is -0.438 e. The number of rotatable bonds is 13. The van der Waals surface area contributed by atoms with Crippen molar-refractivity contribution in [3.8, 4) is 0 Å². The SMILES string of the molecule is CCCCN(C(=O)c1ccccc1)C(C(=O)NCCC/C=C/COC(=O)OC)(c1ccccc1)C(C)(C)C. The molecule has 1 unspecified atom stereocenters. The number of unbranched alkanes of at least 4 members (excludes halogenated alkanes) is 2. The first kappa shape index (κ1) is 30.6. The molecule has 0 bridgehead atoms. The molecule has 7 nitrogen and oxygen atoms in total. The van der Waals surface area contributed by atoms with Crippen LogP contribution in [-0.4, -0.2) is 49.7 Å². The smallest absolute Gasteiger partial charge is 0.438 e. The van der Waals surface area contributed by atoms with E-state index in [1.165, 1.54) is 7.11 Å². The fourth-order valence-corrected chi connectivity index (χ4v) is 4.65. The molecule has 0 heterocycles. The summed E-state index contributed by atoms with van der Waals surface area (Å²) in [7, 11) is 1.26. The monoisotopic (exact) mass is 522 g/mol. The van der Waals surface area contributed by atoms with Crippen LogP contribution in [0.5, 0.6) is 0 Å². The van der Waals surface area contributed by atoms with Crippen molar-refractivity contribution in [2.24, 2.45) is 5.41 Å². The zero-order valence-electron chi connectivity index (χ0n) is 23.4. The van der Waals surface area contributed by atoms with Gasteiger partial charge in [-0.1, -0.05) is 94.8 Å². The summed E-state index contributed by atoms with van der Waals surface area (Å²) in [4.78, 5) is 41.2. The molecular formula is C31H42N2O5. The van der Waals surface area contributed by atoms with Gasteiger partial charge in [-0.05, 0) is 42.4 Å². The van der Waals surface area contributed by atoms with E-state index in [9.17, 15) is 14.4 Å². The van der Waals surface area contributed by atoms with Gasteiger partial charge in [0.1, 0.15) is 6.61 Å². The number of benzene rings is 2. The Balaban J connectivity index is 2.38. The maximum atomic E-state index is 14.3. The highest BCUT2D eigenvalue weighted by Crippen LogP contribution is 2.45. The Morgan fingerprint density at radius 3 is 2.13 bits per heavy atom. The van der Waals surface area contributed by atoms with Crippen LogP contribution < -0.4 is 5.32 Å². The Bertz CT molecular complexity index is 1050. The molecule has 0 radical (unpaired) electrons. The third-order valence-electron chi connectivity index (χ3n) is 6.48. The van der Waals surface area contributed by atoms with Gasteiger partial charge in [0.2, 0.25) is 0 Å². The predicted octanol–water partition coefficient (Wildman–Crippen LogP) is 6.11. The molecule has 0 spiro atoms. The number of amides is 2. The zero-order valence-corrected chi connectivity index (χ0v) is 23.4. The topological polar surface area (TPSA) is 84.9 Å². The number of nitrogens with zero attached hydrogens (tertiary/aromatic N) is 1. The first-order valence-electron chi connectivity index (χ1n) is 13.3. The van der Waals surface area contributed by atoms with E-state index in [1.807, 2.05) is 75.4 Å². The second-order valence-corrected chi connectivity index (χ2v) is 10.1. The molecule has 1 atom stereocenters. The Morgan fingerprint density at radius 2 is 1.55 bits per heavy atom. The van der Waals surface area contributed by atoms with Crippen molar-refractivity contribution >= 4 is 18.0 Å². The lowest BCUT2D eigenvalue weighted by Crippen LogP contribution is -2.65. The molecule has 0 aliphatic heterocycles. The second-order valence-electron chi connectivity index (χ2n) is 10.1. The van der Waals surface area contributed by atoms with Gasteiger partial charge >= 0.3 is 6.16 Å². The summed E-state index contributed by atoms with van der Waals surface area (Å²) in [5.41, 5.74) is -0.520. The Labute approximate surface area is 227 Å². The van der Waals surface area contributed by atoms with E-state index in [4.69, 9.17) is 4.74 Å². The van der Waals surface area contributed by atoms with Gasteiger partial charge in [0, 0.05) is 18.7 Å². The number of nitrogens with one attached hydrogen (secondary N) is 1. The maximum absolute atomic E-state index is 14.3. The molecule has 0 saturated heterocycles. The van der Waals surface area contributed by atoms with Crippen molar-refractivity contribution in [2.45, 2.75) is 58.9 Å². The van der Waals surface area contributed by atoms with Gasteiger partial charge in [0.25, 0.3) is 11.8 Å². The van der Waals surface area contributed by atoms with E-state index in [2.05, 4.69) is 17.0 Å². The summed E-state index contributed by atoms with van der Waals surface area (Å²) < 4.78 is 9.26. The van der Waals surface area contributed by atoms with Crippen molar-refractivity contribution in [3.05, 3.63) is 83.9 Å². The minimum atomic E-state index is -1.24. The molecule has 0 aromatic heterocycles. The lowest BCUT2D eigenvalue weighted by Gasteiger charge is -2.51. The molecule has 0 fully saturated rings. The molecule has 206 valence electrons. The molecule has 2 aromatic rings. The van der Waals surface area contributed by atoms with Crippen LogP contribution in [-0.2, 0) is 19.8 Å². The molecule has 7 heteroatoms. The molecule has 2 amide bonds. The van der Waals surface area contributed by atoms with E-state index >= 15 is 0 Å². The normalized spacial score (nSPS) is 13.0. The number of carbonyl (C=O) groups excluding carboxylic acids is 3. The minimum absolute atomic E-state index is 0.133. The Kier molecular flexibility index (Phi) is 12.1. The number of methoxy groups -OCH3 is 1. The van der Waals surface area contributed by atoms with Crippen molar-refractivity contribution in [1.82, 2.24) is 10.2 Å². The summed E-state index contributed by atoms with van der Waals surface area (Å²) in [5.74, 6) is -0.365. The van der Waals surface area contributed by atoms with E-state index in [-0.39, 0.29) is 18.4 Å². The Morgan fingerprint density at radius 1 is 0.921 bits per heavy atom. The lowest BCUT2D eigenvalue weighted by atomic mass is 9.67. The second kappa shape index (κ2) is 15.0. The number of hydrogen-bond acceptors (Lipinski definition) is 5. The van der Waals surface area contributed by atoms with Crippen LogP contribution in [0.25, 0.3) is 0 Å². The first-order chi connectivity index (χ1) is 18.2. The van der Waals surface area contributed by atoms with E-state index in [0.29, 0.717) is 31.5 Å². The fraction of sp³-hybridized carbons (Fsp3) is 0.452. The summed E-state index contributed by atoms with van der Waals surface area (Å²) in [6.45, 7) is 9.15.